The van der Waals surface area contributed by atoms with Gasteiger partial charge in [0.2, 0.25) is 0 Å². The van der Waals surface area contributed by atoms with Crippen molar-refractivity contribution in [3.8, 4) is 50.6 Å². The summed E-state index contributed by atoms with van der Waals surface area (Å²) in [5.41, 5.74) is 14.2. The molecule has 0 aliphatic heterocycles. The van der Waals surface area contributed by atoms with Crippen molar-refractivity contribution in [1.82, 2.24) is 14.5 Å². The fraction of sp³-hybridized carbons (Fsp3) is 0.186. The quantitative estimate of drug-likeness (QED) is 0.101. The summed E-state index contributed by atoms with van der Waals surface area (Å²) >= 11 is 0. The van der Waals surface area contributed by atoms with Crippen molar-refractivity contribution in [2.45, 2.75) is 60.2 Å². The van der Waals surface area contributed by atoms with E-state index in [-0.39, 0.29) is 20.1 Å². The minimum absolute atomic E-state index is 0. The Labute approximate surface area is 398 Å². The summed E-state index contributed by atoms with van der Waals surface area (Å²) in [6.07, 6.45) is 7.57. The molecular weight excluding hydrogens is 987 g/mol. The van der Waals surface area contributed by atoms with Crippen LogP contribution in [0.3, 0.4) is 0 Å². The van der Waals surface area contributed by atoms with Crippen LogP contribution in [0.15, 0.2) is 174 Å². The van der Waals surface area contributed by atoms with E-state index in [1.54, 1.807) is 0 Å². The number of pyridine rings is 1. The third kappa shape index (κ3) is 9.77. The summed E-state index contributed by atoms with van der Waals surface area (Å²) in [6.45, 7) is 16.3. The van der Waals surface area contributed by atoms with Crippen LogP contribution in [0.5, 0.6) is 0 Å². The molecule has 0 bridgehead atoms. The number of hydrogen-bond donors (Lipinski definition) is 0. The normalized spacial score (nSPS) is 11.6. The molecule has 6 heteroatoms. The number of aromatic nitrogens is 3. The Morgan fingerprint density at radius 2 is 1.31 bits per heavy atom. The molecular formula is C59H55IrN3OSi-2. The van der Waals surface area contributed by atoms with Crippen LogP contribution in [0.4, 0.5) is 0 Å². The maximum absolute atomic E-state index is 6.14. The van der Waals surface area contributed by atoms with Crippen LogP contribution in [-0.2, 0) is 32.9 Å². The predicted octanol–water partition coefficient (Wildman–Crippen LogP) is 15.2. The van der Waals surface area contributed by atoms with Crippen LogP contribution in [0.25, 0.3) is 83.4 Å². The first-order valence-corrected chi connectivity index (χ1v) is 26.1. The molecule has 3 heterocycles. The molecule has 327 valence electrons. The van der Waals surface area contributed by atoms with Gasteiger partial charge in [0.05, 0.1) is 30.6 Å². The minimum atomic E-state index is -1.34. The van der Waals surface area contributed by atoms with E-state index in [0.29, 0.717) is 11.8 Å². The molecule has 10 aromatic rings. The SMILES string of the molecule is CC(C)Cc1cc(-c2[c-]cccc2)ncc1[Si](C)(C)C.CC(C)Cc1ccc2cc3o[c-]c(-c4nc5ccccc5n4-c4c(-c5ccccc5)cccc4-c4ccccc4)c3cc2c1.[Ir]. The number of rotatable bonds is 10. The largest absolute Gasteiger partial charge is 0.557 e. The molecule has 4 nitrogen and oxygen atoms in total. The summed E-state index contributed by atoms with van der Waals surface area (Å²) in [6, 6.07) is 60.8. The molecule has 10 rings (SSSR count). The number of nitrogens with zero attached hydrogens (tertiary/aromatic N) is 3. The van der Waals surface area contributed by atoms with Crippen molar-refractivity contribution >= 4 is 46.0 Å². The minimum Gasteiger partial charge on any atom is -0.557 e. The zero-order valence-corrected chi connectivity index (χ0v) is 41.7. The topological polar surface area (TPSA) is 43.9 Å². The van der Waals surface area contributed by atoms with E-state index in [4.69, 9.17) is 9.40 Å². The number of fused-ring (bicyclic) bond motifs is 3. The first-order valence-electron chi connectivity index (χ1n) is 22.6. The molecule has 0 saturated heterocycles. The Kier molecular flexibility index (Phi) is 13.6. The van der Waals surface area contributed by atoms with Crippen molar-refractivity contribution in [2.75, 3.05) is 0 Å². The van der Waals surface area contributed by atoms with Gasteiger partial charge in [-0.3, -0.25) is 4.98 Å². The zero-order chi connectivity index (χ0) is 44.4. The molecule has 0 aliphatic carbocycles. The van der Waals surface area contributed by atoms with E-state index in [9.17, 15) is 0 Å². The van der Waals surface area contributed by atoms with Gasteiger partial charge in [-0.2, -0.15) is 0 Å². The average Bonchev–Trinajstić information content (AvgIpc) is 3.89. The number of furan rings is 1. The summed E-state index contributed by atoms with van der Waals surface area (Å²) in [5, 5.41) is 4.86. The second-order valence-electron chi connectivity index (χ2n) is 18.8. The maximum Gasteiger partial charge on any atom is 0.0798 e. The molecule has 0 amide bonds. The Morgan fingerprint density at radius 1 is 0.646 bits per heavy atom. The van der Waals surface area contributed by atoms with Crippen molar-refractivity contribution in [3.63, 3.8) is 0 Å². The molecule has 3 aromatic heterocycles. The van der Waals surface area contributed by atoms with Crippen LogP contribution in [0.1, 0.15) is 38.8 Å². The number of benzene rings is 7. The molecule has 0 aliphatic rings. The molecule has 0 fully saturated rings. The van der Waals surface area contributed by atoms with E-state index < -0.39 is 8.07 Å². The van der Waals surface area contributed by atoms with Gasteiger partial charge in [0, 0.05) is 49.3 Å². The first kappa shape index (κ1) is 45.4. The monoisotopic (exact) mass is 1040 g/mol. The van der Waals surface area contributed by atoms with Crippen molar-refractivity contribution < 1.29 is 24.5 Å². The van der Waals surface area contributed by atoms with Gasteiger partial charge < -0.3 is 14.0 Å². The molecule has 0 unspecified atom stereocenters. The number of para-hydroxylation sites is 3. The van der Waals surface area contributed by atoms with Crippen molar-refractivity contribution in [1.29, 1.82) is 0 Å². The molecule has 0 saturated carbocycles. The van der Waals surface area contributed by atoms with Crippen LogP contribution in [-0.4, -0.2) is 22.6 Å². The Bertz CT molecular complexity index is 3140. The predicted molar refractivity (Wildman–Crippen MR) is 272 cm³/mol. The molecule has 0 spiro atoms. The van der Waals surface area contributed by atoms with E-state index in [0.717, 1.165) is 90.8 Å². The third-order valence-electron chi connectivity index (χ3n) is 11.8. The van der Waals surface area contributed by atoms with Gasteiger partial charge in [-0.05, 0) is 75.2 Å². The fourth-order valence-corrected chi connectivity index (χ4v) is 10.5. The maximum atomic E-state index is 6.14. The Hall–Kier alpha value is -6.17. The second kappa shape index (κ2) is 19.5. The van der Waals surface area contributed by atoms with Gasteiger partial charge in [0.25, 0.3) is 0 Å². The summed E-state index contributed by atoms with van der Waals surface area (Å²) in [7, 11) is -1.34. The standard InChI is InChI=1S/C41H31N2O.C18H24NSi.Ir/c1-27(2)22-28-20-21-31-25-39-35(24-32(31)23-28)36(26-44-39)41-42-37-18-9-10-19-38(37)43(41)40-33(29-12-5-3-6-13-29)16-11-17-34(40)30-14-7-4-8-15-30;1-14(2)11-16-12-17(15-9-7-6-8-10-15)19-13-18(16)20(3,4)5;/h3-21,23-25,27H,22H2,1-2H3;6-9,12-14H,11H2,1-5H3;/q2*-1;. The Morgan fingerprint density at radius 3 is 1.95 bits per heavy atom. The van der Waals surface area contributed by atoms with Crippen molar-refractivity contribution in [3.05, 3.63) is 193 Å². The Balaban J connectivity index is 0.000000232. The number of imidazole rings is 1. The molecule has 7 aromatic carbocycles. The smallest absolute Gasteiger partial charge is 0.0798 e. The van der Waals surface area contributed by atoms with Gasteiger partial charge in [0.1, 0.15) is 0 Å². The molecule has 0 atom stereocenters. The first-order chi connectivity index (χ1) is 31.0. The van der Waals surface area contributed by atoms with E-state index in [1.165, 1.54) is 21.7 Å². The molecule has 65 heavy (non-hydrogen) atoms. The second-order valence-corrected chi connectivity index (χ2v) is 23.8. The van der Waals surface area contributed by atoms with Gasteiger partial charge in [-0.15, -0.1) is 35.9 Å². The average molecular weight is 1040 g/mol. The van der Waals surface area contributed by atoms with Gasteiger partial charge in [-0.25, -0.2) is 0 Å². The zero-order valence-electron chi connectivity index (χ0n) is 38.3. The number of hydrogen-bond acceptors (Lipinski definition) is 3. The van der Waals surface area contributed by atoms with Crippen molar-refractivity contribution in [2.24, 2.45) is 11.8 Å². The van der Waals surface area contributed by atoms with Crippen LogP contribution >= 0.6 is 0 Å². The van der Waals surface area contributed by atoms with E-state index in [2.05, 4.69) is 215 Å². The third-order valence-corrected chi connectivity index (χ3v) is 13.9. The van der Waals surface area contributed by atoms with Gasteiger partial charge in [0.15, 0.2) is 0 Å². The van der Waals surface area contributed by atoms with Crippen LogP contribution < -0.4 is 5.19 Å². The van der Waals surface area contributed by atoms with Gasteiger partial charge in [-0.1, -0.05) is 191 Å². The van der Waals surface area contributed by atoms with E-state index >= 15 is 0 Å². The summed E-state index contributed by atoms with van der Waals surface area (Å²) in [5.74, 6) is 2.07. The van der Waals surface area contributed by atoms with Crippen LogP contribution in [0.2, 0.25) is 19.6 Å². The van der Waals surface area contributed by atoms with E-state index in [1.807, 2.05) is 24.3 Å². The molecule has 0 N–H and O–H groups in total. The molecule has 1 radical (unpaired) electrons. The van der Waals surface area contributed by atoms with Gasteiger partial charge >= 0.3 is 0 Å². The fourth-order valence-electron chi connectivity index (χ4n) is 8.92. The summed E-state index contributed by atoms with van der Waals surface area (Å²) < 4.78 is 8.45. The van der Waals surface area contributed by atoms with Crippen LogP contribution in [0, 0.1) is 24.2 Å². The summed E-state index contributed by atoms with van der Waals surface area (Å²) in [4.78, 5) is 9.95.